The Morgan fingerprint density at radius 1 is 0.750 bits per heavy atom. The number of amides is 3. The highest BCUT2D eigenvalue weighted by Gasteiger charge is 2.24. The topological polar surface area (TPSA) is 106 Å². The number of hydrogen-bond acceptors (Lipinski definition) is 6. The fourth-order valence-corrected chi connectivity index (χ4v) is 6.20. The van der Waals surface area contributed by atoms with Crippen molar-refractivity contribution in [1.82, 2.24) is 5.32 Å². The van der Waals surface area contributed by atoms with E-state index in [1.54, 1.807) is 73.8 Å². The van der Waals surface area contributed by atoms with Crippen molar-refractivity contribution in [3.8, 4) is 11.5 Å². The van der Waals surface area contributed by atoms with Gasteiger partial charge in [-0.15, -0.1) is 11.8 Å². The van der Waals surface area contributed by atoms with Crippen molar-refractivity contribution in [3.05, 3.63) is 154 Å². The van der Waals surface area contributed by atoms with E-state index in [4.69, 9.17) is 9.47 Å². The predicted octanol–water partition coefficient (Wildman–Crippen LogP) is 8.35. The Balaban J connectivity index is 1.39. The molecule has 1 unspecified atom stereocenters. The minimum absolute atomic E-state index is 0.0637. The van der Waals surface area contributed by atoms with Gasteiger partial charge in [-0.1, -0.05) is 82.7 Å². The SMILES string of the molecule is COc1ccc(OC)c(NC(=O)C(Sc2cccc(NC(=O)/C(=C\c3cccc(Br)c3)NC(=O)c3ccccc3)c2)c2ccccc2)c1. The van der Waals surface area contributed by atoms with Gasteiger partial charge < -0.3 is 25.4 Å². The van der Waals surface area contributed by atoms with Crippen LogP contribution >= 0.6 is 27.7 Å². The first-order valence-electron chi connectivity index (χ1n) is 14.8. The van der Waals surface area contributed by atoms with Gasteiger partial charge in [-0.3, -0.25) is 14.4 Å². The molecule has 8 nitrogen and oxygen atoms in total. The molecule has 0 radical (unpaired) electrons. The number of nitrogens with one attached hydrogen (secondary N) is 3. The number of hydrogen-bond donors (Lipinski definition) is 3. The van der Waals surface area contributed by atoms with E-state index < -0.39 is 17.1 Å². The van der Waals surface area contributed by atoms with Crippen LogP contribution in [0.5, 0.6) is 11.5 Å². The molecule has 0 saturated carbocycles. The van der Waals surface area contributed by atoms with Gasteiger partial charge >= 0.3 is 0 Å². The van der Waals surface area contributed by atoms with Gasteiger partial charge in [0.25, 0.3) is 11.8 Å². The second kappa shape index (κ2) is 16.5. The van der Waals surface area contributed by atoms with Gasteiger partial charge in [-0.05, 0) is 71.8 Å². The molecule has 0 aliphatic rings. The largest absolute Gasteiger partial charge is 0.497 e. The van der Waals surface area contributed by atoms with Crippen molar-refractivity contribution in [2.75, 3.05) is 24.9 Å². The number of anilines is 2. The third-order valence-electron chi connectivity index (χ3n) is 7.04. The molecule has 5 aromatic rings. The standard InChI is InChI=1S/C38H32BrN3O5S/c1-46-30-19-20-34(47-2)32(24-30)41-38(45)35(26-12-5-3-6-13-26)48-31-18-10-17-29(23-31)40-37(44)33(22-25-11-9-16-28(39)21-25)42-36(43)27-14-7-4-8-15-27/h3-24,35H,1-2H3,(H,40,44)(H,41,45)(H,42,43)/b33-22+. The number of carbonyl (C=O) groups is 3. The van der Waals surface area contributed by atoms with Gasteiger partial charge in [0.2, 0.25) is 5.91 Å². The van der Waals surface area contributed by atoms with Gasteiger partial charge in [0.15, 0.2) is 0 Å². The Morgan fingerprint density at radius 3 is 2.19 bits per heavy atom. The first-order chi connectivity index (χ1) is 23.3. The molecule has 10 heteroatoms. The summed E-state index contributed by atoms with van der Waals surface area (Å²) in [6.45, 7) is 0. The minimum atomic E-state index is -0.648. The first-order valence-corrected chi connectivity index (χ1v) is 16.5. The zero-order valence-corrected chi connectivity index (χ0v) is 28.5. The number of halogens is 1. The Labute approximate surface area is 291 Å². The Kier molecular flexibility index (Phi) is 11.7. The zero-order chi connectivity index (χ0) is 33.9. The highest BCUT2D eigenvalue weighted by Crippen LogP contribution is 2.38. The summed E-state index contributed by atoms with van der Waals surface area (Å²) in [5, 5.41) is 8.01. The molecule has 1 atom stereocenters. The number of methoxy groups -OCH3 is 2. The van der Waals surface area contributed by atoms with Gasteiger partial charge in [-0.2, -0.15) is 0 Å². The average Bonchev–Trinajstić information content (AvgIpc) is 3.11. The van der Waals surface area contributed by atoms with Crippen LogP contribution in [0.1, 0.15) is 26.7 Å². The van der Waals surface area contributed by atoms with Crippen LogP contribution in [0.2, 0.25) is 0 Å². The van der Waals surface area contributed by atoms with Crippen molar-refractivity contribution in [2.24, 2.45) is 0 Å². The second-order valence-corrected chi connectivity index (χ2v) is 12.5. The smallest absolute Gasteiger partial charge is 0.272 e. The van der Waals surface area contributed by atoms with Crippen LogP contribution in [-0.2, 0) is 9.59 Å². The van der Waals surface area contributed by atoms with Crippen LogP contribution in [-0.4, -0.2) is 31.9 Å². The van der Waals surface area contributed by atoms with Crippen LogP contribution in [0.3, 0.4) is 0 Å². The van der Waals surface area contributed by atoms with E-state index in [2.05, 4.69) is 31.9 Å². The second-order valence-electron chi connectivity index (χ2n) is 10.4. The van der Waals surface area contributed by atoms with Crippen molar-refractivity contribution in [2.45, 2.75) is 10.1 Å². The molecule has 0 aliphatic carbocycles. The molecule has 48 heavy (non-hydrogen) atoms. The molecule has 0 saturated heterocycles. The van der Waals surface area contributed by atoms with Crippen LogP contribution in [0.15, 0.2) is 142 Å². The average molecular weight is 723 g/mol. The monoisotopic (exact) mass is 721 g/mol. The van der Waals surface area contributed by atoms with Crippen LogP contribution < -0.4 is 25.4 Å². The minimum Gasteiger partial charge on any atom is -0.497 e. The van der Waals surface area contributed by atoms with E-state index in [1.807, 2.05) is 66.7 Å². The van der Waals surface area contributed by atoms with E-state index in [9.17, 15) is 14.4 Å². The summed E-state index contributed by atoms with van der Waals surface area (Å²) in [5.74, 6) is -0.122. The number of thioether (sulfide) groups is 1. The van der Waals surface area contributed by atoms with Crippen LogP contribution in [0, 0.1) is 0 Å². The normalized spacial score (nSPS) is 11.6. The lowest BCUT2D eigenvalue weighted by Crippen LogP contribution is -2.30. The molecular weight excluding hydrogens is 690 g/mol. The fourth-order valence-electron chi connectivity index (χ4n) is 4.70. The summed E-state index contributed by atoms with van der Waals surface area (Å²) in [4.78, 5) is 41.2. The van der Waals surface area contributed by atoms with Crippen molar-refractivity contribution in [3.63, 3.8) is 0 Å². The summed E-state index contributed by atoms with van der Waals surface area (Å²) in [5.41, 5.74) is 2.96. The number of carbonyl (C=O) groups excluding carboxylic acids is 3. The lowest BCUT2D eigenvalue weighted by atomic mass is 10.1. The highest BCUT2D eigenvalue weighted by atomic mass is 79.9. The molecule has 0 bridgehead atoms. The Morgan fingerprint density at radius 2 is 1.48 bits per heavy atom. The van der Waals surface area contributed by atoms with E-state index in [1.165, 1.54) is 18.9 Å². The molecule has 5 rings (SSSR count). The Hall–Kier alpha value is -5.32. The fraction of sp³-hybridized carbons (Fsp3) is 0.0789. The summed E-state index contributed by atoms with van der Waals surface area (Å²) in [6.07, 6.45) is 1.61. The van der Waals surface area contributed by atoms with E-state index in [0.29, 0.717) is 28.4 Å². The van der Waals surface area contributed by atoms with Gasteiger partial charge in [-0.25, -0.2) is 0 Å². The third-order valence-corrected chi connectivity index (χ3v) is 8.78. The zero-order valence-electron chi connectivity index (χ0n) is 26.1. The molecule has 0 spiro atoms. The quantitative estimate of drug-likeness (QED) is 0.0884. The lowest BCUT2D eigenvalue weighted by molar-refractivity contribution is -0.116. The van der Waals surface area contributed by atoms with Crippen molar-refractivity contribution >= 4 is 62.9 Å². The molecule has 0 aliphatic heterocycles. The highest BCUT2D eigenvalue weighted by molar-refractivity contribution is 9.10. The number of ether oxygens (including phenoxy) is 2. The summed E-state index contributed by atoms with van der Waals surface area (Å²) >= 11 is 4.79. The predicted molar refractivity (Wildman–Crippen MR) is 194 cm³/mol. The summed E-state index contributed by atoms with van der Waals surface area (Å²) < 4.78 is 11.6. The molecule has 5 aromatic carbocycles. The van der Waals surface area contributed by atoms with Gasteiger partial charge in [0, 0.05) is 26.7 Å². The van der Waals surface area contributed by atoms with E-state index in [0.717, 1.165) is 20.5 Å². The first kappa shape index (κ1) is 34.0. The molecule has 0 heterocycles. The number of benzene rings is 5. The number of rotatable bonds is 12. The molecule has 0 fully saturated rings. The third kappa shape index (κ3) is 9.15. The van der Waals surface area contributed by atoms with Gasteiger partial charge in [0.1, 0.15) is 22.4 Å². The maximum Gasteiger partial charge on any atom is 0.272 e. The molecular formula is C38H32BrN3O5S. The van der Waals surface area contributed by atoms with Crippen molar-refractivity contribution < 1.29 is 23.9 Å². The van der Waals surface area contributed by atoms with E-state index >= 15 is 0 Å². The van der Waals surface area contributed by atoms with Crippen LogP contribution in [0.4, 0.5) is 11.4 Å². The van der Waals surface area contributed by atoms with Crippen molar-refractivity contribution in [1.29, 1.82) is 0 Å². The van der Waals surface area contributed by atoms with E-state index in [-0.39, 0.29) is 11.6 Å². The maximum absolute atomic E-state index is 13.8. The maximum atomic E-state index is 13.8. The molecule has 0 aromatic heterocycles. The lowest BCUT2D eigenvalue weighted by Gasteiger charge is -2.19. The Bertz CT molecular complexity index is 1940. The van der Waals surface area contributed by atoms with Crippen LogP contribution in [0.25, 0.3) is 6.08 Å². The molecule has 3 amide bonds. The summed E-state index contributed by atoms with van der Waals surface area (Å²) in [7, 11) is 3.09. The van der Waals surface area contributed by atoms with Gasteiger partial charge in [0.05, 0.1) is 19.9 Å². The molecule has 3 N–H and O–H groups in total. The summed E-state index contributed by atoms with van der Waals surface area (Å²) in [6, 6.07) is 37.9. The molecule has 242 valence electrons.